The van der Waals surface area contributed by atoms with Crippen LogP contribution in [0.2, 0.25) is 0 Å². The van der Waals surface area contributed by atoms with E-state index in [0.29, 0.717) is 28.5 Å². The molecule has 0 radical (unpaired) electrons. The molecule has 1 aromatic carbocycles. The van der Waals surface area contributed by atoms with Crippen LogP contribution in [0.4, 0.5) is 5.69 Å². The number of rotatable bonds is 7. The number of furan rings is 1. The van der Waals surface area contributed by atoms with Crippen molar-refractivity contribution in [2.24, 2.45) is 0 Å². The van der Waals surface area contributed by atoms with Crippen LogP contribution in [0.25, 0.3) is 11.8 Å². The molecule has 31 heavy (non-hydrogen) atoms. The first-order valence-corrected chi connectivity index (χ1v) is 9.50. The maximum absolute atomic E-state index is 12.4. The van der Waals surface area contributed by atoms with Crippen molar-refractivity contribution >= 4 is 17.5 Å². The SMILES string of the molecule is Cc1nn(Cc2ccc(/C=C/C(=O)c3ccc(-n4ccnc4)cc3)o2)c(C)c1[N+](=O)[O-]. The average molecular weight is 417 g/mol. The van der Waals surface area contributed by atoms with Crippen molar-refractivity contribution in [2.75, 3.05) is 0 Å². The van der Waals surface area contributed by atoms with Gasteiger partial charge in [0.05, 0.1) is 17.8 Å². The Hall–Kier alpha value is -4.27. The lowest BCUT2D eigenvalue weighted by molar-refractivity contribution is -0.386. The van der Waals surface area contributed by atoms with Crippen molar-refractivity contribution < 1.29 is 14.1 Å². The van der Waals surface area contributed by atoms with Crippen molar-refractivity contribution in [3.8, 4) is 5.69 Å². The van der Waals surface area contributed by atoms with Gasteiger partial charge in [0.25, 0.3) is 0 Å². The predicted molar refractivity (Wildman–Crippen MR) is 113 cm³/mol. The number of nitro groups is 1. The van der Waals surface area contributed by atoms with Crippen molar-refractivity contribution in [3.05, 3.63) is 99.8 Å². The van der Waals surface area contributed by atoms with E-state index in [1.165, 1.54) is 10.8 Å². The number of benzene rings is 1. The molecule has 3 aromatic heterocycles. The zero-order valence-corrected chi connectivity index (χ0v) is 16.9. The van der Waals surface area contributed by atoms with E-state index in [1.807, 2.05) is 22.9 Å². The van der Waals surface area contributed by atoms with Gasteiger partial charge in [-0.2, -0.15) is 5.10 Å². The van der Waals surface area contributed by atoms with Gasteiger partial charge >= 0.3 is 5.69 Å². The van der Waals surface area contributed by atoms with E-state index in [9.17, 15) is 14.9 Å². The molecule has 0 saturated carbocycles. The summed E-state index contributed by atoms with van der Waals surface area (Å²) in [6, 6.07) is 10.7. The molecule has 0 atom stereocenters. The Kier molecular flexibility index (Phi) is 5.31. The first kappa shape index (κ1) is 20.0. The molecule has 3 heterocycles. The molecule has 4 aromatic rings. The summed E-state index contributed by atoms with van der Waals surface area (Å²) < 4.78 is 9.11. The van der Waals surface area contributed by atoms with Crippen LogP contribution in [-0.2, 0) is 6.54 Å². The van der Waals surface area contributed by atoms with Gasteiger partial charge in [-0.05, 0) is 62.4 Å². The monoisotopic (exact) mass is 417 g/mol. The van der Waals surface area contributed by atoms with Gasteiger partial charge in [-0.25, -0.2) is 4.98 Å². The highest BCUT2D eigenvalue weighted by Gasteiger charge is 2.22. The second kappa shape index (κ2) is 8.23. The smallest absolute Gasteiger partial charge is 0.312 e. The maximum atomic E-state index is 12.4. The number of aromatic nitrogens is 4. The van der Waals surface area contributed by atoms with Crippen LogP contribution in [0.3, 0.4) is 0 Å². The van der Waals surface area contributed by atoms with Crippen LogP contribution in [0.5, 0.6) is 0 Å². The molecule has 4 rings (SSSR count). The topological polar surface area (TPSA) is 109 Å². The molecule has 9 heteroatoms. The Morgan fingerprint density at radius 2 is 1.97 bits per heavy atom. The molecule has 0 bridgehead atoms. The number of hydrogen-bond donors (Lipinski definition) is 0. The second-order valence-corrected chi connectivity index (χ2v) is 6.95. The van der Waals surface area contributed by atoms with E-state index < -0.39 is 4.92 Å². The third kappa shape index (κ3) is 4.20. The van der Waals surface area contributed by atoms with Gasteiger partial charge < -0.3 is 8.98 Å². The zero-order valence-electron chi connectivity index (χ0n) is 16.9. The third-order valence-corrected chi connectivity index (χ3v) is 4.87. The van der Waals surface area contributed by atoms with Crippen molar-refractivity contribution in [2.45, 2.75) is 20.4 Å². The minimum Gasteiger partial charge on any atom is -0.460 e. The highest BCUT2D eigenvalue weighted by atomic mass is 16.6. The summed E-state index contributed by atoms with van der Waals surface area (Å²) >= 11 is 0. The molecule has 0 fully saturated rings. The number of nitrogens with zero attached hydrogens (tertiary/aromatic N) is 5. The van der Waals surface area contributed by atoms with Crippen LogP contribution >= 0.6 is 0 Å². The molecule has 0 N–H and O–H groups in total. The molecule has 0 amide bonds. The van der Waals surface area contributed by atoms with Crippen molar-refractivity contribution in [1.29, 1.82) is 0 Å². The Balaban J connectivity index is 1.43. The van der Waals surface area contributed by atoms with Gasteiger partial charge in [0.2, 0.25) is 0 Å². The molecule has 0 spiro atoms. The van der Waals surface area contributed by atoms with E-state index in [-0.39, 0.29) is 18.0 Å². The van der Waals surface area contributed by atoms with Gasteiger partial charge in [0.1, 0.15) is 22.9 Å². The lowest BCUT2D eigenvalue weighted by Crippen LogP contribution is -2.03. The van der Waals surface area contributed by atoms with Gasteiger partial charge in [-0.3, -0.25) is 19.6 Å². The van der Waals surface area contributed by atoms with Crippen LogP contribution in [0.1, 0.15) is 33.3 Å². The predicted octanol–water partition coefficient (Wildman–Crippen LogP) is 4.13. The summed E-state index contributed by atoms with van der Waals surface area (Å²) in [6.45, 7) is 3.52. The lowest BCUT2D eigenvalue weighted by Gasteiger charge is -2.02. The Morgan fingerprint density at radius 3 is 2.61 bits per heavy atom. The summed E-state index contributed by atoms with van der Waals surface area (Å²) in [5.74, 6) is 0.941. The maximum Gasteiger partial charge on any atom is 0.312 e. The Labute approximate surface area is 177 Å². The molecule has 0 aliphatic heterocycles. The van der Waals surface area contributed by atoms with Gasteiger partial charge in [0.15, 0.2) is 5.78 Å². The number of allylic oxidation sites excluding steroid dienone is 1. The molecule has 0 saturated heterocycles. The van der Waals surface area contributed by atoms with Crippen LogP contribution < -0.4 is 0 Å². The normalized spacial score (nSPS) is 11.3. The van der Waals surface area contributed by atoms with E-state index in [0.717, 1.165) is 5.69 Å². The molecule has 0 unspecified atom stereocenters. The molecular formula is C22H19N5O4. The number of hydrogen-bond acceptors (Lipinski definition) is 6. The highest BCUT2D eigenvalue weighted by Crippen LogP contribution is 2.23. The molecular weight excluding hydrogens is 398 g/mol. The second-order valence-electron chi connectivity index (χ2n) is 6.95. The van der Waals surface area contributed by atoms with Crippen molar-refractivity contribution in [1.82, 2.24) is 19.3 Å². The summed E-state index contributed by atoms with van der Waals surface area (Å²) in [5, 5.41) is 15.4. The minimum atomic E-state index is -0.432. The van der Waals surface area contributed by atoms with Gasteiger partial charge in [0, 0.05) is 23.6 Å². The fraction of sp³-hybridized carbons (Fsp3) is 0.136. The number of imidazole rings is 1. The van der Waals surface area contributed by atoms with E-state index in [2.05, 4.69) is 10.1 Å². The quantitative estimate of drug-likeness (QED) is 0.194. The minimum absolute atomic E-state index is 0.0105. The molecule has 156 valence electrons. The summed E-state index contributed by atoms with van der Waals surface area (Å²) in [5.41, 5.74) is 2.31. The summed E-state index contributed by atoms with van der Waals surface area (Å²) in [6.07, 6.45) is 8.25. The standard InChI is InChI=1S/C22H19N5O4/c1-15-22(27(29)30)16(2)26(24-15)13-20-8-7-19(31-20)9-10-21(28)17-3-5-18(6-4-17)25-12-11-23-14-25/h3-12,14H,13H2,1-2H3/b10-9+. The first-order valence-electron chi connectivity index (χ1n) is 9.50. The first-order chi connectivity index (χ1) is 14.9. The largest absolute Gasteiger partial charge is 0.460 e. The van der Waals surface area contributed by atoms with E-state index in [1.54, 1.807) is 56.7 Å². The van der Waals surface area contributed by atoms with E-state index >= 15 is 0 Å². The Morgan fingerprint density at radius 1 is 1.19 bits per heavy atom. The van der Waals surface area contributed by atoms with Crippen molar-refractivity contribution in [3.63, 3.8) is 0 Å². The lowest BCUT2D eigenvalue weighted by atomic mass is 10.1. The van der Waals surface area contributed by atoms with Crippen LogP contribution in [0.15, 0.2) is 65.6 Å². The summed E-state index contributed by atoms with van der Waals surface area (Å²) in [4.78, 5) is 27.1. The fourth-order valence-corrected chi connectivity index (χ4v) is 3.29. The van der Waals surface area contributed by atoms with E-state index in [4.69, 9.17) is 4.42 Å². The number of carbonyl (C=O) groups excluding carboxylic acids is 1. The van der Waals surface area contributed by atoms with Crippen LogP contribution in [0, 0.1) is 24.0 Å². The summed E-state index contributed by atoms with van der Waals surface area (Å²) in [7, 11) is 0. The third-order valence-electron chi connectivity index (χ3n) is 4.87. The highest BCUT2D eigenvalue weighted by molar-refractivity contribution is 6.06. The van der Waals surface area contributed by atoms with Gasteiger partial charge in [-0.1, -0.05) is 0 Å². The van der Waals surface area contributed by atoms with Crippen LogP contribution in [-0.4, -0.2) is 30.0 Å². The number of ketones is 1. The average Bonchev–Trinajstić information content (AvgIpc) is 3.48. The Bertz CT molecular complexity index is 1260. The number of aryl methyl sites for hydroxylation is 1. The van der Waals surface area contributed by atoms with Gasteiger partial charge in [-0.15, -0.1) is 0 Å². The number of carbonyl (C=O) groups is 1. The fourth-order valence-electron chi connectivity index (χ4n) is 3.29. The molecule has 0 aliphatic carbocycles. The zero-order chi connectivity index (χ0) is 22.0. The molecule has 9 nitrogen and oxygen atoms in total. The molecule has 0 aliphatic rings.